The van der Waals surface area contributed by atoms with Crippen LogP contribution in [-0.4, -0.2) is 9.13 Å². The first-order valence-corrected chi connectivity index (χ1v) is 17.7. The van der Waals surface area contributed by atoms with Gasteiger partial charge in [-0.1, -0.05) is 127 Å². The monoisotopic (exact) mass is 648 g/mol. The third-order valence-electron chi connectivity index (χ3n) is 10.9. The standard InChI is InChI=1S/C49H32N2/c1-31-21-24-39-43(27-31)37-14-3-2-13-36(37)38-25-23-35(30-44(38)39)51-48-20-9-6-17-42(48)45-29-33(22-26-49(45)51)32-11-10-12-34(28-32)50-46-18-7-4-15-40(46)41-16-5-8-19-47(41)50/h2-30H,1H3. The van der Waals surface area contributed by atoms with Crippen molar-refractivity contribution in [1.82, 2.24) is 9.13 Å². The second-order valence-electron chi connectivity index (χ2n) is 13.8. The molecule has 0 atom stereocenters. The van der Waals surface area contributed by atoms with Crippen LogP contribution in [0.3, 0.4) is 0 Å². The third kappa shape index (κ3) is 4.11. The Morgan fingerprint density at radius 3 is 1.43 bits per heavy atom. The van der Waals surface area contributed by atoms with Crippen molar-refractivity contribution in [2.75, 3.05) is 0 Å². The van der Waals surface area contributed by atoms with Gasteiger partial charge < -0.3 is 9.13 Å². The van der Waals surface area contributed by atoms with Crippen LogP contribution >= 0.6 is 0 Å². The van der Waals surface area contributed by atoms with E-state index < -0.39 is 0 Å². The molecule has 238 valence electrons. The van der Waals surface area contributed by atoms with E-state index in [0.717, 1.165) is 0 Å². The van der Waals surface area contributed by atoms with Crippen LogP contribution in [0.25, 0.3) is 98.4 Å². The van der Waals surface area contributed by atoms with E-state index in [1.165, 1.54) is 104 Å². The van der Waals surface area contributed by atoms with Gasteiger partial charge in [-0.05, 0) is 105 Å². The average molecular weight is 649 g/mol. The van der Waals surface area contributed by atoms with Gasteiger partial charge >= 0.3 is 0 Å². The summed E-state index contributed by atoms with van der Waals surface area (Å²) in [6.07, 6.45) is 0. The largest absolute Gasteiger partial charge is 0.309 e. The van der Waals surface area contributed by atoms with Gasteiger partial charge in [-0.3, -0.25) is 0 Å². The fraction of sp³-hybridized carbons (Fsp3) is 0.0204. The van der Waals surface area contributed by atoms with Crippen LogP contribution in [0.5, 0.6) is 0 Å². The summed E-state index contributed by atoms with van der Waals surface area (Å²) in [5.74, 6) is 0. The van der Waals surface area contributed by atoms with Crippen molar-refractivity contribution >= 4 is 75.9 Å². The lowest BCUT2D eigenvalue weighted by Gasteiger charge is -2.14. The number of nitrogens with zero attached hydrogens (tertiary/aromatic N) is 2. The minimum absolute atomic E-state index is 1.17. The molecule has 0 aliphatic carbocycles. The van der Waals surface area contributed by atoms with Crippen molar-refractivity contribution in [3.05, 3.63) is 181 Å². The molecule has 0 saturated heterocycles. The molecule has 51 heavy (non-hydrogen) atoms. The second kappa shape index (κ2) is 10.7. The van der Waals surface area contributed by atoms with Gasteiger partial charge in [-0.2, -0.15) is 0 Å². The molecule has 11 aromatic rings. The number of aryl methyl sites for hydroxylation is 1. The Kier molecular flexibility index (Phi) is 5.91. The van der Waals surface area contributed by atoms with Crippen LogP contribution in [0, 0.1) is 6.92 Å². The zero-order chi connectivity index (χ0) is 33.6. The van der Waals surface area contributed by atoms with Crippen molar-refractivity contribution in [3.8, 4) is 22.5 Å². The van der Waals surface area contributed by atoms with Gasteiger partial charge in [0.15, 0.2) is 0 Å². The minimum atomic E-state index is 1.17. The van der Waals surface area contributed by atoms with Gasteiger partial charge in [-0.15, -0.1) is 0 Å². The number of aromatic nitrogens is 2. The molecule has 2 nitrogen and oxygen atoms in total. The van der Waals surface area contributed by atoms with Gasteiger partial charge in [0.25, 0.3) is 0 Å². The van der Waals surface area contributed by atoms with Crippen molar-refractivity contribution in [1.29, 1.82) is 0 Å². The van der Waals surface area contributed by atoms with Crippen LogP contribution in [0.15, 0.2) is 176 Å². The summed E-state index contributed by atoms with van der Waals surface area (Å²) >= 11 is 0. The van der Waals surface area contributed by atoms with Crippen LogP contribution in [0.4, 0.5) is 0 Å². The summed E-state index contributed by atoms with van der Waals surface area (Å²) in [7, 11) is 0. The number of para-hydroxylation sites is 3. The molecule has 2 heterocycles. The molecule has 0 unspecified atom stereocenters. The van der Waals surface area contributed by atoms with E-state index in [2.05, 4.69) is 192 Å². The van der Waals surface area contributed by atoms with E-state index in [9.17, 15) is 0 Å². The zero-order valence-corrected chi connectivity index (χ0v) is 28.1. The first-order valence-electron chi connectivity index (χ1n) is 17.7. The van der Waals surface area contributed by atoms with Crippen LogP contribution in [0.1, 0.15) is 5.56 Å². The Hall–Kier alpha value is -6.64. The number of hydrogen-bond donors (Lipinski definition) is 0. The van der Waals surface area contributed by atoms with Gasteiger partial charge in [-0.25, -0.2) is 0 Å². The molecule has 0 aliphatic rings. The molecule has 2 heteroatoms. The predicted molar refractivity (Wildman–Crippen MR) is 218 cm³/mol. The maximum Gasteiger partial charge on any atom is 0.0541 e. The molecule has 0 saturated carbocycles. The molecular formula is C49H32N2. The summed E-state index contributed by atoms with van der Waals surface area (Å²) in [6.45, 7) is 2.18. The molecular weight excluding hydrogens is 617 g/mol. The van der Waals surface area contributed by atoms with Crippen LogP contribution in [0.2, 0.25) is 0 Å². The summed E-state index contributed by atoms with van der Waals surface area (Å²) in [6, 6.07) is 64.9. The predicted octanol–water partition coefficient (Wildman–Crippen LogP) is 13.3. The lowest BCUT2D eigenvalue weighted by Crippen LogP contribution is -1.95. The van der Waals surface area contributed by atoms with Crippen LogP contribution in [-0.2, 0) is 0 Å². The smallest absolute Gasteiger partial charge is 0.0541 e. The van der Waals surface area contributed by atoms with E-state index in [1.54, 1.807) is 0 Å². The van der Waals surface area contributed by atoms with E-state index in [-0.39, 0.29) is 0 Å². The van der Waals surface area contributed by atoms with Gasteiger partial charge in [0.1, 0.15) is 0 Å². The molecule has 0 N–H and O–H groups in total. The Balaban J connectivity index is 1.11. The maximum absolute atomic E-state index is 2.44. The van der Waals surface area contributed by atoms with Crippen molar-refractivity contribution < 1.29 is 0 Å². The highest BCUT2D eigenvalue weighted by Crippen LogP contribution is 2.40. The van der Waals surface area contributed by atoms with Gasteiger partial charge in [0, 0.05) is 32.9 Å². The highest BCUT2D eigenvalue weighted by Gasteiger charge is 2.17. The average Bonchev–Trinajstić information content (AvgIpc) is 3.70. The normalized spacial score (nSPS) is 12.0. The van der Waals surface area contributed by atoms with E-state index >= 15 is 0 Å². The molecule has 0 bridgehead atoms. The number of benzene rings is 9. The molecule has 11 rings (SSSR count). The Morgan fingerprint density at radius 2 is 0.745 bits per heavy atom. The fourth-order valence-corrected chi connectivity index (χ4v) is 8.65. The van der Waals surface area contributed by atoms with E-state index in [1.807, 2.05) is 0 Å². The molecule has 0 aliphatic heterocycles. The lowest BCUT2D eigenvalue weighted by atomic mass is 9.93. The maximum atomic E-state index is 2.44. The SMILES string of the molecule is Cc1ccc2c(c1)c1ccccc1c1ccc(-n3c4ccccc4c4cc(-c5cccc(-n6c7ccccc7c7ccccc76)c5)ccc43)cc12. The minimum Gasteiger partial charge on any atom is -0.309 e. The summed E-state index contributed by atoms with van der Waals surface area (Å²) in [5.41, 5.74) is 10.9. The highest BCUT2D eigenvalue weighted by atomic mass is 15.0. The third-order valence-corrected chi connectivity index (χ3v) is 10.9. The summed E-state index contributed by atoms with van der Waals surface area (Å²) in [5, 5.41) is 12.8. The topological polar surface area (TPSA) is 9.86 Å². The number of fused-ring (bicyclic) bond motifs is 12. The van der Waals surface area contributed by atoms with Gasteiger partial charge in [0.05, 0.1) is 22.1 Å². The Morgan fingerprint density at radius 1 is 0.275 bits per heavy atom. The zero-order valence-electron chi connectivity index (χ0n) is 28.1. The lowest BCUT2D eigenvalue weighted by molar-refractivity contribution is 1.18. The first kappa shape index (κ1) is 28.2. The Bertz CT molecular complexity index is 3160. The fourth-order valence-electron chi connectivity index (χ4n) is 8.65. The van der Waals surface area contributed by atoms with Gasteiger partial charge in [0.2, 0.25) is 0 Å². The molecule has 0 spiro atoms. The molecule has 0 radical (unpaired) electrons. The Labute approximate surface area is 295 Å². The van der Waals surface area contributed by atoms with Crippen molar-refractivity contribution in [3.63, 3.8) is 0 Å². The molecule has 2 aromatic heterocycles. The molecule has 9 aromatic carbocycles. The second-order valence-corrected chi connectivity index (χ2v) is 13.8. The van der Waals surface area contributed by atoms with Crippen LogP contribution < -0.4 is 0 Å². The van der Waals surface area contributed by atoms with E-state index in [4.69, 9.17) is 0 Å². The van der Waals surface area contributed by atoms with Crippen molar-refractivity contribution in [2.24, 2.45) is 0 Å². The summed E-state index contributed by atoms with van der Waals surface area (Å²) < 4.78 is 4.84. The first-order chi connectivity index (χ1) is 25.2. The molecule has 0 fully saturated rings. The van der Waals surface area contributed by atoms with E-state index in [0.29, 0.717) is 0 Å². The summed E-state index contributed by atoms with van der Waals surface area (Å²) in [4.78, 5) is 0. The highest BCUT2D eigenvalue weighted by molar-refractivity contribution is 6.26. The number of hydrogen-bond acceptors (Lipinski definition) is 0. The number of rotatable bonds is 3. The van der Waals surface area contributed by atoms with Crippen molar-refractivity contribution in [2.45, 2.75) is 6.92 Å². The molecule has 0 amide bonds. The quantitative estimate of drug-likeness (QED) is 0.169.